The zero-order valence-electron chi connectivity index (χ0n) is 14.4. The Morgan fingerprint density at radius 1 is 1.00 bits per heavy atom. The van der Waals surface area contributed by atoms with Crippen molar-refractivity contribution in [1.82, 2.24) is 5.32 Å². The van der Waals surface area contributed by atoms with Crippen molar-refractivity contribution in [2.24, 2.45) is 0 Å². The lowest BCUT2D eigenvalue weighted by atomic mass is 10.0. The van der Waals surface area contributed by atoms with Crippen LogP contribution in [0.25, 0.3) is 0 Å². The summed E-state index contributed by atoms with van der Waals surface area (Å²) < 4.78 is 15.8. The molecule has 2 aliphatic heterocycles. The first-order valence-electron chi connectivity index (χ1n) is 8.52. The fraction of sp³-hybridized carbons (Fsp3) is 0.263. The van der Waals surface area contributed by atoms with Crippen molar-refractivity contribution in [2.75, 3.05) is 25.3 Å². The standard InChI is InChI=1S/C19H18N2O6/c22-14(11-1-3-15-12(7-11)5-6-25-15)9-20-18(23)19(24)21-13-2-4-16-17(8-13)27-10-26-16/h1-4,7-8,14,22H,5-6,9-10H2,(H,20,23)(H,21,24)/t14-/m1/s1. The number of rotatable bonds is 4. The van der Waals surface area contributed by atoms with E-state index in [1.165, 1.54) is 0 Å². The first kappa shape index (κ1) is 17.2. The number of aliphatic hydroxyl groups excluding tert-OH is 1. The molecule has 0 aliphatic carbocycles. The molecular formula is C19H18N2O6. The Kier molecular flexibility index (Phi) is 4.55. The van der Waals surface area contributed by atoms with Gasteiger partial charge in [0.15, 0.2) is 11.5 Å². The summed E-state index contributed by atoms with van der Waals surface area (Å²) in [4.78, 5) is 24.0. The number of amides is 2. The van der Waals surface area contributed by atoms with Crippen molar-refractivity contribution in [1.29, 1.82) is 0 Å². The number of fused-ring (bicyclic) bond motifs is 2. The maximum Gasteiger partial charge on any atom is 0.313 e. The van der Waals surface area contributed by atoms with Crippen LogP contribution in [0.1, 0.15) is 17.2 Å². The van der Waals surface area contributed by atoms with Gasteiger partial charge < -0.3 is 30.0 Å². The van der Waals surface area contributed by atoms with E-state index in [1.807, 2.05) is 6.07 Å². The molecular weight excluding hydrogens is 352 g/mol. The minimum Gasteiger partial charge on any atom is -0.493 e. The lowest BCUT2D eigenvalue weighted by Crippen LogP contribution is -2.37. The summed E-state index contributed by atoms with van der Waals surface area (Å²) in [6, 6.07) is 10.2. The number of hydrogen-bond donors (Lipinski definition) is 3. The number of hydrogen-bond acceptors (Lipinski definition) is 6. The second-order valence-electron chi connectivity index (χ2n) is 6.21. The molecule has 27 heavy (non-hydrogen) atoms. The highest BCUT2D eigenvalue weighted by molar-refractivity contribution is 6.39. The van der Waals surface area contributed by atoms with E-state index < -0.39 is 17.9 Å². The lowest BCUT2D eigenvalue weighted by molar-refractivity contribution is -0.136. The summed E-state index contributed by atoms with van der Waals surface area (Å²) in [6.45, 7) is 0.679. The van der Waals surface area contributed by atoms with Crippen LogP contribution in [0.2, 0.25) is 0 Å². The molecule has 2 amide bonds. The molecule has 0 saturated carbocycles. The van der Waals surface area contributed by atoms with Crippen molar-refractivity contribution >= 4 is 17.5 Å². The summed E-state index contributed by atoms with van der Waals surface area (Å²) in [7, 11) is 0. The number of ether oxygens (including phenoxy) is 3. The van der Waals surface area contributed by atoms with Crippen LogP contribution in [0, 0.1) is 0 Å². The quantitative estimate of drug-likeness (QED) is 0.697. The molecule has 140 valence electrons. The molecule has 1 atom stereocenters. The van der Waals surface area contributed by atoms with Gasteiger partial charge >= 0.3 is 11.8 Å². The largest absolute Gasteiger partial charge is 0.493 e. The van der Waals surface area contributed by atoms with Crippen molar-refractivity contribution in [3.8, 4) is 17.2 Å². The highest BCUT2D eigenvalue weighted by Gasteiger charge is 2.20. The van der Waals surface area contributed by atoms with E-state index >= 15 is 0 Å². The molecule has 3 N–H and O–H groups in total. The number of anilines is 1. The van der Waals surface area contributed by atoms with Gasteiger partial charge in [0.1, 0.15) is 5.75 Å². The molecule has 2 aromatic carbocycles. The minimum absolute atomic E-state index is 0.0764. The van der Waals surface area contributed by atoms with Crippen LogP contribution in [0.5, 0.6) is 17.2 Å². The minimum atomic E-state index is -0.918. The predicted molar refractivity (Wildman–Crippen MR) is 94.8 cm³/mol. The van der Waals surface area contributed by atoms with Gasteiger partial charge in [0.2, 0.25) is 6.79 Å². The molecule has 0 unspecified atom stereocenters. The molecule has 0 aromatic heterocycles. The van der Waals surface area contributed by atoms with Crippen molar-refractivity contribution in [3.63, 3.8) is 0 Å². The Morgan fingerprint density at radius 2 is 1.81 bits per heavy atom. The van der Waals surface area contributed by atoms with Crippen molar-refractivity contribution in [3.05, 3.63) is 47.5 Å². The molecule has 8 nitrogen and oxygen atoms in total. The van der Waals surface area contributed by atoms with Gasteiger partial charge in [-0.3, -0.25) is 9.59 Å². The van der Waals surface area contributed by atoms with E-state index in [0.717, 1.165) is 17.7 Å². The van der Waals surface area contributed by atoms with Crippen LogP contribution in [-0.4, -0.2) is 36.9 Å². The van der Waals surface area contributed by atoms with Gasteiger partial charge in [0.25, 0.3) is 0 Å². The summed E-state index contributed by atoms with van der Waals surface area (Å²) in [6.07, 6.45) is -0.126. The fourth-order valence-electron chi connectivity index (χ4n) is 2.96. The van der Waals surface area contributed by atoms with E-state index in [9.17, 15) is 14.7 Å². The van der Waals surface area contributed by atoms with Gasteiger partial charge in [-0.2, -0.15) is 0 Å². The summed E-state index contributed by atoms with van der Waals surface area (Å²) in [5.74, 6) is 0.238. The smallest absolute Gasteiger partial charge is 0.313 e. The molecule has 0 fully saturated rings. The number of carbonyl (C=O) groups excluding carboxylic acids is 2. The van der Waals surface area contributed by atoms with Crippen LogP contribution in [-0.2, 0) is 16.0 Å². The highest BCUT2D eigenvalue weighted by atomic mass is 16.7. The van der Waals surface area contributed by atoms with Crippen LogP contribution >= 0.6 is 0 Å². The van der Waals surface area contributed by atoms with Gasteiger partial charge in [-0.05, 0) is 35.4 Å². The van der Waals surface area contributed by atoms with E-state index in [2.05, 4.69) is 10.6 Å². The third kappa shape index (κ3) is 3.65. The summed E-state index contributed by atoms with van der Waals surface area (Å²) in [5, 5.41) is 15.2. The second kappa shape index (κ2) is 7.16. The highest BCUT2D eigenvalue weighted by Crippen LogP contribution is 2.34. The third-order valence-electron chi connectivity index (χ3n) is 4.39. The van der Waals surface area contributed by atoms with Crippen molar-refractivity contribution in [2.45, 2.75) is 12.5 Å². The lowest BCUT2D eigenvalue weighted by Gasteiger charge is -2.13. The zero-order valence-corrected chi connectivity index (χ0v) is 14.4. The Morgan fingerprint density at radius 3 is 2.70 bits per heavy atom. The Hall–Kier alpha value is -3.26. The number of carbonyl (C=O) groups is 2. The van der Waals surface area contributed by atoms with Crippen LogP contribution in [0.3, 0.4) is 0 Å². The molecule has 0 spiro atoms. The van der Waals surface area contributed by atoms with E-state index in [4.69, 9.17) is 14.2 Å². The normalized spacial score (nSPS) is 14.9. The maximum absolute atomic E-state index is 12.0. The molecule has 0 bridgehead atoms. The van der Waals surface area contributed by atoms with Crippen LogP contribution in [0.15, 0.2) is 36.4 Å². The zero-order chi connectivity index (χ0) is 18.8. The third-order valence-corrected chi connectivity index (χ3v) is 4.39. The summed E-state index contributed by atoms with van der Waals surface area (Å²) >= 11 is 0. The Bertz CT molecular complexity index is 898. The Labute approximate surface area is 155 Å². The molecule has 8 heteroatoms. The number of aliphatic hydroxyl groups is 1. The average molecular weight is 370 g/mol. The monoisotopic (exact) mass is 370 g/mol. The topological polar surface area (TPSA) is 106 Å². The number of benzene rings is 2. The Balaban J connectivity index is 1.31. The fourth-order valence-corrected chi connectivity index (χ4v) is 2.96. The van der Waals surface area contributed by atoms with Crippen molar-refractivity contribution < 1.29 is 28.9 Å². The average Bonchev–Trinajstić information content (AvgIpc) is 3.33. The molecule has 2 aliphatic rings. The molecule has 2 aromatic rings. The van der Waals surface area contributed by atoms with E-state index in [1.54, 1.807) is 30.3 Å². The maximum atomic E-state index is 12.0. The van der Waals surface area contributed by atoms with Gasteiger partial charge in [-0.25, -0.2) is 0 Å². The molecule has 2 heterocycles. The van der Waals surface area contributed by atoms with Gasteiger partial charge in [-0.1, -0.05) is 6.07 Å². The summed E-state index contributed by atoms with van der Waals surface area (Å²) in [5.41, 5.74) is 2.10. The van der Waals surface area contributed by atoms with E-state index in [0.29, 0.717) is 29.4 Å². The van der Waals surface area contributed by atoms with Gasteiger partial charge in [-0.15, -0.1) is 0 Å². The van der Waals surface area contributed by atoms with E-state index in [-0.39, 0.29) is 13.3 Å². The predicted octanol–water partition coefficient (Wildman–Crippen LogP) is 1.14. The molecule has 4 rings (SSSR count). The second-order valence-corrected chi connectivity index (χ2v) is 6.21. The van der Waals surface area contributed by atoms with Crippen LogP contribution < -0.4 is 24.8 Å². The first-order chi connectivity index (χ1) is 13.1. The van der Waals surface area contributed by atoms with Gasteiger partial charge in [0.05, 0.1) is 12.7 Å². The number of nitrogens with one attached hydrogen (secondary N) is 2. The first-order valence-corrected chi connectivity index (χ1v) is 8.52. The molecule has 0 saturated heterocycles. The SMILES string of the molecule is O=C(NC[C@@H](O)c1ccc2c(c1)CCO2)C(=O)Nc1ccc2c(c1)OCO2. The van der Waals surface area contributed by atoms with Crippen LogP contribution in [0.4, 0.5) is 5.69 Å². The molecule has 0 radical (unpaired) electrons. The van der Waals surface area contributed by atoms with Gasteiger partial charge in [0, 0.05) is 24.7 Å².